The number of hydrogen-bond donors (Lipinski definition) is 0. The Morgan fingerprint density at radius 3 is 1.93 bits per heavy atom. The maximum atomic E-state index is 12.6. The summed E-state index contributed by atoms with van der Waals surface area (Å²) in [6, 6.07) is 11.7. The molecule has 0 aromatic heterocycles. The van der Waals surface area contributed by atoms with Gasteiger partial charge in [0, 0.05) is 0 Å². The number of alkyl halides is 3. The van der Waals surface area contributed by atoms with Crippen LogP contribution in [0.25, 0.3) is 0 Å². The summed E-state index contributed by atoms with van der Waals surface area (Å²) in [5.74, 6) is 0.910. The Balaban J connectivity index is 1.82. The van der Waals surface area contributed by atoms with E-state index in [0.717, 1.165) is 12.1 Å². The number of hydrogen-bond acceptors (Lipinski definition) is 4. The minimum Gasteiger partial charge on any atom is -0.494 e. The maximum absolute atomic E-state index is 12.6. The van der Waals surface area contributed by atoms with Crippen molar-refractivity contribution in [2.75, 3.05) is 13.7 Å². The van der Waals surface area contributed by atoms with Gasteiger partial charge in [0.25, 0.3) is 0 Å². The number of methoxy groups -OCH3 is 1. The van der Waals surface area contributed by atoms with Gasteiger partial charge in [0.15, 0.2) is 0 Å². The normalized spacial score (nSPS) is 11.8. The Bertz CT molecular complexity index is 766. The van der Waals surface area contributed by atoms with Gasteiger partial charge in [-0.15, -0.1) is 0 Å². The molecule has 152 valence electrons. The number of benzene rings is 2. The van der Waals surface area contributed by atoms with Crippen molar-refractivity contribution in [1.82, 2.24) is 0 Å². The van der Waals surface area contributed by atoms with E-state index in [9.17, 15) is 18.0 Å². The molecule has 2 rings (SSSR count). The zero-order valence-electron chi connectivity index (χ0n) is 16.0. The first-order chi connectivity index (χ1) is 13.1. The van der Waals surface area contributed by atoms with Crippen LogP contribution in [0.2, 0.25) is 0 Å². The number of halogens is 3. The van der Waals surface area contributed by atoms with Gasteiger partial charge in [-0.25, -0.2) is 0 Å². The first-order valence-electron chi connectivity index (χ1n) is 8.72. The molecule has 0 bridgehead atoms. The van der Waals surface area contributed by atoms with Crippen LogP contribution in [0.4, 0.5) is 13.2 Å². The van der Waals surface area contributed by atoms with Gasteiger partial charge >= 0.3 is 12.1 Å². The van der Waals surface area contributed by atoms with Crippen molar-refractivity contribution in [3.63, 3.8) is 0 Å². The highest BCUT2D eigenvalue weighted by molar-refractivity contribution is 5.75. The summed E-state index contributed by atoms with van der Waals surface area (Å²) in [4.78, 5) is 11.6. The zero-order valence-corrected chi connectivity index (χ0v) is 16.0. The molecule has 0 heterocycles. The van der Waals surface area contributed by atoms with Crippen LogP contribution < -0.4 is 9.47 Å². The summed E-state index contributed by atoms with van der Waals surface area (Å²) in [6.45, 7) is 4.10. The molecule has 0 spiro atoms. The molecule has 0 aliphatic rings. The molecule has 0 saturated carbocycles. The Kier molecular flexibility index (Phi) is 6.94. The molecule has 28 heavy (non-hydrogen) atoms. The molecule has 7 heteroatoms. The van der Waals surface area contributed by atoms with Crippen molar-refractivity contribution in [1.29, 1.82) is 0 Å². The summed E-state index contributed by atoms with van der Waals surface area (Å²) in [5, 5.41) is 0. The Hall–Kier alpha value is -2.70. The topological polar surface area (TPSA) is 44.8 Å². The second-order valence-electron chi connectivity index (χ2n) is 6.93. The van der Waals surface area contributed by atoms with Crippen LogP contribution in [-0.4, -0.2) is 19.7 Å². The lowest BCUT2D eigenvalue weighted by molar-refractivity contribution is -0.151. The second kappa shape index (κ2) is 8.99. The Morgan fingerprint density at radius 1 is 0.893 bits per heavy atom. The quantitative estimate of drug-likeness (QED) is 0.572. The standard InChI is InChI=1S/C21H23F3O4/c1-20(2,19(25)26-3)12-13-27-17-8-10-18(11-9-17)28-14-15-4-6-16(7-5-15)21(22,23)24/h4-11H,12-14H2,1-3H3. The van der Waals surface area contributed by atoms with E-state index in [0.29, 0.717) is 30.1 Å². The molecule has 2 aromatic carbocycles. The van der Waals surface area contributed by atoms with Crippen LogP contribution in [0.1, 0.15) is 31.4 Å². The second-order valence-corrected chi connectivity index (χ2v) is 6.93. The van der Waals surface area contributed by atoms with E-state index in [4.69, 9.17) is 14.2 Å². The van der Waals surface area contributed by atoms with E-state index < -0.39 is 17.2 Å². The third kappa shape index (κ3) is 6.18. The van der Waals surface area contributed by atoms with Gasteiger partial charge < -0.3 is 14.2 Å². The van der Waals surface area contributed by atoms with E-state index >= 15 is 0 Å². The fourth-order valence-electron chi connectivity index (χ4n) is 2.39. The molecular formula is C21H23F3O4. The Labute approximate surface area is 162 Å². The van der Waals surface area contributed by atoms with Crippen LogP contribution in [0.15, 0.2) is 48.5 Å². The predicted molar refractivity (Wildman–Crippen MR) is 98.1 cm³/mol. The molecular weight excluding hydrogens is 373 g/mol. The number of carbonyl (C=O) groups excluding carboxylic acids is 1. The molecule has 2 aromatic rings. The van der Waals surface area contributed by atoms with Gasteiger partial charge in [-0.2, -0.15) is 13.2 Å². The molecule has 0 unspecified atom stereocenters. The highest BCUT2D eigenvalue weighted by Gasteiger charge is 2.30. The van der Waals surface area contributed by atoms with Gasteiger partial charge in [0.2, 0.25) is 0 Å². The van der Waals surface area contributed by atoms with E-state index in [1.165, 1.54) is 19.2 Å². The average molecular weight is 396 g/mol. The van der Waals surface area contributed by atoms with Gasteiger partial charge in [0.1, 0.15) is 18.1 Å². The fourth-order valence-corrected chi connectivity index (χ4v) is 2.39. The minimum atomic E-state index is -4.35. The van der Waals surface area contributed by atoms with Crippen molar-refractivity contribution in [2.24, 2.45) is 5.41 Å². The molecule has 0 N–H and O–H groups in total. The van der Waals surface area contributed by atoms with Gasteiger partial charge in [-0.3, -0.25) is 4.79 Å². The molecule has 0 saturated heterocycles. The summed E-state index contributed by atoms with van der Waals surface area (Å²) in [7, 11) is 1.36. The van der Waals surface area contributed by atoms with Gasteiger partial charge in [0.05, 0.1) is 24.7 Å². The molecule has 0 aliphatic heterocycles. The number of rotatable bonds is 8. The molecule has 0 radical (unpaired) electrons. The highest BCUT2D eigenvalue weighted by Crippen LogP contribution is 2.29. The Morgan fingerprint density at radius 2 is 1.43 bits per heavy atom. The first kappa shape index (κ1) is 21.6. The monoisotopic (exact) mass is 396 g/mol. The summed E-state index contributed by atoms with van der Waals surface area (Å²) in [6.07, 6.45) is -3.84. The van der Waals surface area contributed by atoms with E-state index in [1.54, 1.807) is 38.1 Å². The van der Waals surface area contributed by atoms with Crippen molar-refractivity contribution >= 4 is 5.97 Å². The molecule has 0 aliphatic carbocycles. The smallest absolute Gasteiger partial charge is 0.416 e. The lowest BCUT2D eigenvalue weighted by Gasteiger charge is -2.21. The van der Waals surface area contributed by atoms with Gasteiger partial charge in [-0.1, -0.05) is 12.1 Å². The van der Waals surface area contributed by atoms with Crippen molar-refractivity contribution in [3.8, 4) is 11.5 Å². The van der Waals surface area contributed by atoms with Crippen LogP contribution >= 0.6 is 0 Å². The largest absolute Gasteiger partial charge is 0.494 e. The SMILES string of the molecule is COC(=O)C(C)(C)CCOc1ccc(OCc2ccc(C(F)(F)F)cc2)cc1. The van der Waals surface area contributed by atoms with Crippen LogP contribution in [0.5, 0.6) is 11.5 Å². The lowest BCUT2D eigenvalue weighted by Crippen LogP contribution is -2.27. The van der Waals surface area contributed by atoms with Crippen LogP contribution in [0.3, 0.4) is 0 Å². The van der Waals surface area contributed by atoms with Crippen molar-refractivity contribution in [3.05, 3.63) is 59.7 Å². The first-order valence-corrected chi connectivity index (χ1v) is 8.72. The summed E-state index contributed by atoms with van der Waals surface area (Å²) in [5.41, 5.74) is -0.675. The summed E-state index contributed by atoms with van der Waals surface area (Å²) < 4.78 is 53.6. The van der Waals surface area contributed by atoms with Crippen LogP contribution in [-0.2, 0) is 22.3 Å². The maximum Gasteiger partial charge on any atom is 0.416 e. The predicted octanol–water partition coefficient (Wildman–Crippen LogP) is 5.25. The van der Waals surface area contributed by atoms with Gasteiger partial charge in [-0.05, 0) is 62.2 Å². The van der Waals surface area contributed by atoms with E-state index in [1.807, 2.05) is 0 Å². The zero-order chi connectivity index (χ0) is 20.8. The van der Waals surface area contributed by atoms with E-state index in [2.05, 4.69) is 0 Å². The fraction of sp³-hybridized carbons (Fsp3) is 0.381. The minimum absolute atomic E-state index is 0.158. The number of esters is 1. The third-order valence-electron chi connectivity index (χ3n) is 4.24. The summed E-state index contributed by atoms with van der Waals surface area (Å²) >= 11 is 0. The number of carbonyl (C=O) groups is 1. The number of ether oxygens (including phenoxy) is 3. The highest BCUT2D eigenvalue weighted by atomic mass is 19.4. The molecule has 0 atom stereocenters. The third-order valence-corrected chi connectivity index (χ3v) is 4.24. The van der Waals surface area contributed by atoms with E-state index in [-0.39, 0.29) is 12.6 Å². The lowest BCUT2D eigenvalue weighted by atomic mass is 9.90. The molecule has 0 amide bonds. The molecule has 4 nitrogen and oxygen atoms in total. The van der Waals surface area contributed by atoms with Crippen LogP contribution in [0, 0.1) is 5.41 Å². The average Bonchev–Trinajstić information content (AvgIpc) is 2.66. The van der Waals surface area contributed by atoms with Crippen molar-refractivity contribution in [2.45, 2.75) is 33.1 Å². The molecule has 0 fully saturated rings. The van der Waals surface area contributed by atoms with Crippen molar-refractivity contribution < 1.29 is 32.2 Å².